The minimum atomic E-state index is -0.368. The van der Waals surface area contributed by atoms with Crippen LogP contribution in [0.4, 0.5) is 20.6 Å². The third-order valence-corrected chi connectivity index (χ3v) is 4.86. The molecule has 1 saturated heterocycles. The highest BCUT2D eigenvalue weighted by molar-refractivity contribution is 5.98. The molecule has 6 heteroatoms. The van der Waals surface area contributed by atoms with Gasteiger partial charge in [0.25, 0.3) is 0 Å². The molecule has 1 atom stereocenters. The van der Waals surface area contributed by atoms with E-state index in [4.69, 9.17) is 0 Å². The maximum Gasteiger partial charge on any atom is 0.319 e. The van der Waals surface area contributed by atoms with Crippen LogP contribution in [0.3, 0.4) is 0 Å². The molecule has 1 heterocycles. The second-order valence-corrected chi connectivity index (χ2v) is 6.89. The predicted octanol–water partition coefficient (Wildman–Crippen LogP) is 4.42. The summed E-state index contributed by atoms with van der Waals surface area (Å²) in [7, 11) is 0. The van der Waals surface area contributed by atoms with Gasteiger partial charge in [-0.05, 0) is 35.9 Å². The van der Waals surface area contributed by atoms with Gasteiger partial charge in [-0.2, -0.15) is 0 Å². The van der Waals surface area contributed by atoms with Crippen LogP contribution in [-0.4, -0.2) is 24.5 Å². The summed E-state index contributed by atoms with van der Waals surface area (Å²) in [6, 6.07) is 22.4. The third-order valence-electron chi connectivity index (χ3n) is 4.86. The number of rotatable bonds is 4. The summed E-state index contributed by atoms with van der Waals surface area (Å²) in [5, 5.41) is 5.74. The van der Waals surface area contributed by atoms with Crippen LogP contribution < -0.4 is 15.5 Å². The fourth-order valence-corrected chi connectivity index (χ4v) is 3.48. The van der Waals surface area contributed by atoms with E-state index in [-0.39, 0.29) is 30.2 Å². The van der Waals surface area contributed by atoms with Crippen LogP contribution in [0.5, 0.6) is 0 Å². The van der Waals surface area contributed by atoms with Crippen LogP contribution in [-0.2, 0) is 4.79 Å². The van der Waals surface area contributed by atoms with Gasteiger partial charge in [0.15, 0.2) is 0 Å². The van der Waals surface area contributed by atoms with Crippen LogP contribution in [0, 0.1) is 5.82 Å². The van der Waals surface area contributed by atoms with Gasteiger partial charge >= 0.3 is 6.03 Å². The average molecular weight is 389 g/mol. The first-order valence-corrected chi connectivity index (χ1v) is 9.38. The van der Waals surface area contributed by atoms with Gasteiger partial charge in [0.05, 0.1) is 11.7 Å². The average Bonchev–Trinajstić information content (AvgIpc) is 3.09. The van der Waals surface area contributed by atoms with Gasteiger partial charge in [0, 0.05) is 24.2 Å². The number of nitrogens with zero attached hydrogens (tertiary/aromatic N) is 1. The zero-order valence-corrected chi connectivity index (χ0v) is 15.6. The molecule has 4 rings (SSSR count). The van der Waals surface area contributed by atoms with Crippen molar-refractivity contribution < 1.29 is 14.0 Å². The summed E-state index contributed by atoms with van der Waals surface area (Å²) in [4.78, 5) is 26.4. The fourth-order valence-electron chi connectivity index (χ4n) is 3.48. The molecule has 1 fully saturated rings. The highest BCUT2D eigenvalue weighted by Gasteiger charge is 2.31. The van der Waals surface area contributed by atoms with E-state index in [1.165, 1.54) is 12.1 Å². The first-order chi connectivity index (χ1) is 14.1. The van der Waals surface area contributed by atoms with Crippen molar-refractivity contribution in [2.24, 2.45) is 0 Å². The standard InChI is InChI=1S/C23H20FN3O2/c24-17-10-12-19(13-11-17)27-15-18(14-22(27)28)25-23(29)26-21-9-5-4-8-20(21)16-6-2-1-3-7-16/h1-13,18H,14-15H2,(H2,25,26,29). The number of hydrogen-bond acceptors (Lipinski definition) is 2. The lowest BCUT2D eigenvalue weighted by Crippen LogP contribution is -2.39. The van der Waals surface area contributed by atoms with E-state index >= 15 is 0 Å². The van der Waals surface area contributed by atoms with Gasteiger partial charge in [-0.15, -0.1) is 0 Å². The summed E-state index contributed by atoms with van der Waals surface area (Å²) in [5.41, 5.74) is 3.23. The zero-order chi connectivity index (χ0) is 20.2. The number of amides is 3. The topological polar surface area (TPSA) is 61.4 Å². The Balaban J connectivity index is 1.42. The molecule has 0 radical (unpaired) electrons. The number of hydrogen-bond donors (Lipinski definition) is 2. The minimum Gasteiger partial charge on any atom is -0.333 e. The van der Waals surface area contributed by atoms with Crippen molar-refractivity contribution in [2.75, 3.05) is 16.8 Å². The highest BCUT2D eigenvalue weighted by Crippen LogP contribution is 2.27. The molecule has 3 amide bonds. The Hall–Kier alpha value is -3.67. The number of carbonyl (C=O) groups is 2. The van der Waals surface area contributed by atoms with Crippen molar-refractivity contribution in [3.05, 3.63) is 84.7 Å². The smallest absolute Gasteiger partial charge is 0.319 e. The third kappa shape index (κ3) is 4.27. The lowest BCUT2D eigenvalue weighted by Gasteiger charge is -2.18. The largest absolute Gasteiger partial charge is 0.333 e. The van der Waals surface area contributed by atoms with Crippen molar-refractivity contribution in [3.63, 3.8) is 0 Å². The lowest BCUT2D eigenvalue weighted by atomic mass is 10.0. The molecule has 1 aliphatic heterocycles. The SMILES string of the molecule is O=C(Nc1ccccc1-c1ccccc1)NC1CC(=O)N(c2ccc(F)cc2)C1. The molecule has 5 nitrogen and oxygen atoms in total. The molecule has 146 valence electrons. The summed E-state index contributed by atoms with van der Waals surface area (Å²) < 4.78 is 13.1. The quantitative estimate of drug-likeness (QED) is 0.694. The maximum absolute atomic E-state index is 13.1. The van der Waals surface area contributed by atoms with E-state index in [0.29, 0.717) is 17.9 Å². The van der Waals surface area contributed by atoms with Crippen molar-refractivity contribution in [1.82, 2.24) is 5.32 Å². The van der Waals surface area contributed by atoms with Crippen LogP contribution in [0.15, 0.2) is 78.9 Å². The minimum absolute atomic E-state index is 0.105. The summed E-state index contributed by atoms with van der Waals surface area (Å²) in [6.45, 7) is 0.345. The van der Waals surface area contributed by atoms with Crippen LogP contribution in [0.25, 0.3) is 11.1 Å². The molecule has 1 unspecified atom stereocenters. The van der Waals surface area contributed by atoms with Crippen LogP contribution in [0.1, 0.15) is 6.42 Å². The number of urea groups is 1. The normalized spacial score (nSPS) is 16.0. The van der Waals surface area contributed by atoms with E-state index in [1.54, 1.807) is 17.0 Å². The van der Waals surface area contributed by atoms with Crippen LogP contribution in [0.2, 0.25) is 0 Å². The van der Waals surface area contributed by atoms with Gasteiger partial charge in [-0.1, -0.05) is 48.5 Å². The molecule has 3 aromatic rings. The molecule has 0 aromatic heterocycles. The Morgan fingerprint density at radius 3 is 2.38 bits per heavy atom. The van der Waals surface area contributed by atoms with Crippen molar-refractivity contribution >= 4 is 23.3 Å². The monoisotopic (exact) mass is 389 g/mol. The molecular formula is C23H20FN3O2. The van der Waals surface area contributed by atoms with Crippen LogP contribution >= 0.6 is 0 Å². The number of carbonyl (C=O) groups excluding carboxylic acids is 2. The van der Waals surface area contributed by atoms with Gasteiger partial charge < -0.3 is 15.5 Å². The Morgan fingerprint density at radius 2 is 1.62 bits per heavy atom. The van der Waals surface area contributed by atoms with Gasteiger partial charge in [-0.3, -0.25) is 4.79 Å². The predicted molar refractivity (Wildman–Crippen MR) is 111 cm³/mol. The highest BCUT2D eigenvalue weighted by atomic mass is 19.1. The Kier molecular flexibility index (Phi) is 5.24. The molecule has 3 aromatic carbocycles. The molecule has 0 spiro atoms. The first-order valence-electron chi connectivity index (χ1n) is 9.38. The lowest BCUT2D eigenvalue weighted by molar-refractivity contribution is -0.117. The van der Waals surface area contributed by atoms with Crippen molar-refractivity contribution in [2.45, 2.75) is 12.5 Å². The molecule has 0 aliphatic carbocycles. The number of benzene rings is 3. The molecule has 2 N–H and O–H groups in total. The first kappa shape index (κ1) is 18.7. The Morgan fingerprint density at radius 1 is 0.931 bits per heavy atom. The number of halogens is 1. The van der Waals surface area contributed by atoms with Gasteiger partial charge in [-0.25, -0.2) is 9.18 Å². The van der Waals surface area contributed by atoms with E-state index in [2.05, 4.69) is 10.6 Å². The van der Waals surface area contributed by atoms with Crippen molar-refractivity contribution in [1.29, 1.82) is 0 Å². The number of nitrogens with one attached hydrogen (secondary N) is 2. The van der Waals surface area contributed by atoms with E-state index in [1.807, 2.05) is 54.6 Å². The van der Waals surface area contributed by atoms with Gasteiger partial charge in [0.2, 0.25) is 5.91 Å². The Labute approximate surface area is 168 Å². The number of anilines is 2. The zero-order valence-electron chi connectivity index (χ0n) is 15.6. The van der Waals surface area contributed by atoms with E-state index in [9.17, 15) is 14.0 Å². The van der Waals surface area contributed by atoms with Crippen molar-refractivity contribution in [3.8, 4) is 11.1 Å². The van der Waals surface area contributed by atoms with Gasteiger partial charge in [0.1, 0.15) is 5.82 Å². The number of para-hydroxylation sites is 1. The summed E-state index contributed by atoms with van der Waals surface area (Å²) in [5.74, 6) is -0.460. The molecule has 1 aliphatic rings. The Bertz CT molecular complexity index is 1020. The molecule has 29 heavy (non-hydrogen) atoms. The summed E-state index contributed by atoms with van der Waals surface area (Å²) in [6.07, 6.45) is 0.200. The molecule has 0 bridgehead atoms. The van der Waals surface area contributed by atoms with E-state index in [0.717, 1.165) is 11.1 Å². The molecular weight excluding hydrogens is 369 g/mol. The molecule has 0 saturated carbocycles. The maximum atomic E-state index is 13.1. The summed E-state index contributed by atoms with van der Waals surface area (Å²) >= 11 is 0. The fraction of sp³-hybridized carbons (Fsp3) is 0.130. The van der Waals surface area contributed by atoms with E-state index < -0.39 is 0 Å². The second-order valence-electron chi connectivity index (χ2n) is 6.89. The second kappa shape index (κ2) is 8.14.